The molecule has 4 heterocycles. The van der Waals surface area contributed by atoms with Gasteiger partial charge in [-0.2, -0.15) is 13.9 Å². The highest BCUT2D eigenvalue weighted by Crippen LogP contribution is 2.33. The average Bonchev–Trinajstić information content (AvgIpc) is 3.22. The number of aryl methyl sites for hydroxylation is 2. The molecule has 0 unspecified atom stereocenters. The first kappa shape index (κ1) is 15.7. The largest absolute Gasteiger partial charge is 0.360 e. The van der Waals surface area contributed by atoms with Crippen LogP contribution >= 0.6 is 11.3 Å². The van der Waals surface area contributed by atoms with Gasteiger partial charge in [-0.25, -0.2) is 8.42 Å². The Kier molecular flexibility index (Phi) is 3.66. The highest BCUT2D eigenvalue weighted by molar-refractivity contribution is 7.89. The zero-order chi connectivity index (χ0) is 16.9. The second-order valence-corrected chi connectivity index (χ2v) is 8.69. The Hall–Kier alpha value is -1.85. The maximum Gasteiger partial charge on any atom is 0.248 e. The molecule has 128 valence electrons. The summed E-state index contributed by atoms with van der Waals surface area (Å²) in [5.41, 5.74) is 0.406. The van der Waals surface area contributed by atoms with Crippen molar-refractivity contribution in [1.82, 2.24) is 29.3 Å². The Morgan fingerprint density at radius 1 is 1.29 bits per heavy atom. The highest BCUT2D eigenvalue weighted by Gasteiger charge is 2.34. The summed E-state index contributed by atoms with van der Waals surface area (Å²) in [5.74, 6) is 0.580. The zero-order valence-electron chi connectivity index (χ0n) is 13.2. The van der Waals surface area contributed by atoms with Gasteiger partial charge in [-0.1, -0.05) is 16.5 Å². The molecule has 0 atom stereocenters. The minimum Gasteiger partial charge on any atom is -0.360 e. The Morgan fingerprint density at radius 2 is 2.04 bits per heavy atom. The van der Waals surface area contributed by atoms with Gasteiger partial charge in [-0.05, 0) is 26.7 Å². The minimum atomic E-state index is -3.57. The molecular weight excluding hydrogens is 352 g/mol. The summed E-state index contributed by atoms with van der Waals surface area (Å²) >= 11 is 1.51. The van der Waals surface area contributed by atoms with Crippen molar-refractivity contribution >= 4 is 26.3 Å². The van der Waals surface area contributed by atoms with Gasteiger partial charge >= 0.3 is 0 Å². The van der Waals surface area contributed by atoms with Crippen LogP contribution in [-0.2, 0) is 10.0 Å². The molecule has 1 aliphatic rings. The molecule has 11 heteroatoms. The number of aromatic nitrogens is 5. The molecule has 1 fully saturated rings. The van der Waals surface area contributed by atoms with Crippen molar-refractivity contribution < 1.29 is 12.9 Å². The van der Waals surface area contributed by atoms with Crippen molar-refractivity contribution in [3.05, 3.63) is 22.8 Å². The van der Waals surface area contributed by atoms with Crippen LogP contribution in [0.4, 0.5) is 0 Å². The van der Waals surface area contributed by atoms with Crippen molar-refractivity contribution in [3.63, 3.8) is 0 Å². The lowest BCUT2D eigenvalue weighted by molar-refractivity contribution is 0.317. The molecular formula is C13H16N6O3S2. The molecule has 0 saturated carbocycles. The van der Waals surface area contributed by atoms with E-state index in [4.69, 9.17) is 4.52 Å². The van der Waals surface area contributed by atoms with Crippen LogP contribution in [-0.4, -0.2) is 50.8 Å². The summed E-state index contributed by atoms with van der Waals surface area (Å²) in [6.07, 6.45) is 3.03. The van der Waals surface area contributed by atoms with E-state index in [1.54, 1.807) is 24.7 Å². The Bertz CT molecular complexity index is 933. The maximum absolute atomic E-state index is 12.8. The van der Waals surface area contributed by atoms with Crippen molar-refractivity contribution in [3.8, 4) is 0 Å². The van der Waals surface area contributed by atoms with Crippen molar-refractivity contribution in [1.29, 1.82) is 0 Å². The fraction of sp³-hybridized carbons (Fsp3) is 0.538. The average molecular weight is 368 g/mol. The first-order valence-corrected chi connectivity index (χ1v) is 9.82. The molecule has 3 aromatic rings. The summed E-state index contributed by atoms with van der Waals surface area (Å²) in [6.45, 7) is 4.18. The van der Waals surface area contributed by atoms with E-state index in [2.05, 4.69) is 20.5 Å². The van der Waals surface area contributed by atoms with Gasteiger partial charge < -0.3 is 4.52 Å². The number of nitrogens with zero attached hydrogens (tertiary/aromatic N) is 6. The van der Waals surface area contributed by atoms with E-state index >= 15 is 0 Å². The molecule has 0 bridgehead atoms. The molecule has 24 heavy (non-hydrogen) atoms. The van der Waals surface area contributed by atoms with E-state index in [0.717, 1.165) is 22.8 Å². The molecule has 0 spiro atoms. The first-order valence-electron chi connectivity index (χ1n) is 7.56. The van der Waals surface area contributed by atoms with Crippen LogP contribution in [0.25, 0.3) is 4.96 Å². The van der Waals surface area contributed by atoms with E-state index < -0.39 is 10.0 Å². The van der Waals surface area contributed by atoms with E-state index in [1.165, 1.54) is 15.6 Å². The molecule has 0 aromatic carbocycles. The molecule has 3 aromatic heterocycles. The van der Waals surface area contributed by atoms with Crippen LogP contribution in [0.1, 0.15) is 35.2 Å². The molecule has 9 nitrogen and oxygen atoms in total. The predicted molar refractivity (Wildman–Crippen MR) is 85.4 cm³/mol. The van der Waals surface area contributed by atoms with Crippen LogP contribution in [0.3, 0.4) is 0 Å². The van der Waals surface area contributed by atoms with E-state index in [9.17, 15) is 8.42 Å². The van der Waals surface area contributed by atoms with Gasteiger partial charge in [0.15, 0.2) is 5.76 Å². The molecule has 0 aliphatic carbocycles. The van der Waals surface area contributed by atoms with Gasteiger partial charge in [-0.15, -0.1) is 10.2 Å². The molecule has 1 aliphatic heterocycles. The lowest BCUT2D eigenvalue weighted by Gasteiger charge is -2.29. The van der Waals surface area contributed by atoms with Crippen LogP contribution in [0.2, 0.25) is 0 Å². The van der Waals surface area contributed by atoms with E-state index in [-0.39, 0.29) is 10.8 Å². The second-order valence-electron chi connectivity index (χ2n) is 5.83. The Balaban J connectivity index is 1.52. The quantitative estimate of drug-likeness (QED) is 0.687. The SMILES string of the molecule is Cc1noc(C)c1S(=O)(=O)N1CCC(c2nn3cnnc3s2)CC1. The molecule has 0 radical (unpaired) electrons. The van der Waals surface area contributed by atoms with Crippen LogP contribution in [0.5, 0.6) is 0 Å². The lowest BCUT2D eigenvalue weighted by Crippen LogP contribution is -2.38. The Labute approximate surface area is 142 Å². The fourth-order valence-corrected chi connectivity index (χ4v) is 5.80. The minimum absolute atomic E-state index is 0.194. The predicted octanol–water partition coefficient (Wildman–Crippen LogP) is 1.36. The standard InChI is InChI=1S/C13H16N6O3S2/c1-8-11(9(2)22-17-8)24(20,21)18-5-3-10(4-6-18)12-16-19-7-14-15-13(19)23-12/h7,10H,3-6H2,1-2H3. The van der Waals surface area contributed by atoms with Crippen LogP contribution in [0, 0.1) is 13.8 Å². The van der Waals surface area contributed by atoms with Gasteiger partial charge in [0.05, 0.1) is 0 Å². The lowest BCUT2D eigenvalue weighted by atomic mass is 9.99. The van der Waals surface area contributed by atoms with Crippen molar-refractivity contribution in [2.45, 2.75) is 37.5 Å². The molecule has 4 rings (SSSR count). The number of piperidine rings is 1. The topological polar surface area (TPSA) is 106 Å². The third kappa shape index (κ3) is 2.43. The number of hydrogen-bond acceptors (Lipinski definition) is 8. The number of rotatable bonds is 3. The summed E-state index contributed by atoms with van der Waals surface area (Å²) in [7, 11) is -3.57. The molecule has 0 N–H and O–H groups in total. The molecule has 0 amide bonds. The Morgan fingerprint density at radius 3 is 2.67 bits per heavy atom. The van der Waals surface area contributed by atoms with Crippen molar-refractivity contribution in [2.24, 2.45) is 0 Å². The number of hydrogen-bond donors (Lipinski definition) is 0. The van der Waals surface area contributed by atoms with Crippen LogP contribution in [0.15, 0.2) is 15.7 Å². The summed E-state index contributed by atoms with van der Waals surface area (Å²) in [4.78, 5) is 0.954. The van der Waals surface area contributed by atoms with Gasteiger partial charge in [0.25, 0.3) is 0 Å². The summed E-state index contributed by atoms with van der Waals surface area (Å²) < 4.78 is 33.8. The third-order valence-electron chi connectivity index (χ3n) is 4.27. The van der Waals surface area contributed by atoms with Gasteiger partial charge in [-0.3, -0.25) is 0 Å². The second kappa shape index (κ2) is 5.60. The monoisotopic (exact) mass is 368 g/mol. The van der Waals surface area contributed by atoms with Crippen molar-refractivity contribution in [2.75, 3.05) is 13.1 Å². The van der Waals surface area contributed by atoms with Gasteiger partial charge in [0, 0.05) is 19.0 Å². The summed E-state index contributed by atoms with van der Waals surface area (Å²) in [5, 5.41) is 17.0. The third-order valence-corrected chi connectivity index (χ3v) is 7.49. The number of fused-ring (bicyclic) bond motifs is 1. The summed E-state index contributed by atoms with van der Waals surface area (Å²) in [6, 6.07) is 0. The van der Waals surface area contributed by atoms with E-state index in [1.807, 2.05) is 0 Å². The fourth-order valence-electron chi connectivity index (χ4n) is 3.06. The first-order chi connectivity index (χ1) is 11.5. The normalized spacial score (nSPS) is 17.8. The zero-order valence-corrected chi connectivity index (χ0v) is 14.8. The van der Waals surface area contributed by atoms with Crippen LogP contribution < -0.4 is 0 Å². The van der Waals surface area contributed by atoms with Gasteiger partial charge in [0.1, 0.15) is 21.9 Å². The maximum atomic E-state index is 12.8. The van der Waals surface area contributed by atoms with E-state index in [0.29, 0.717) is 24.5 Å². The highest BCUT2D eigenvalue weighted by atomic mass is 32.2. The van der Waals surface area contributed by atoms with Gasteiger partial charge in [0.2, 0.25) is 15.0 Å². The number of sulfonamides is 1. The molecule has 1 saturated heterocycles. The smallest absolute Gasteiger partial charge is 0.248 e.